The molecule has 0 aliphatic rings. The van der Waals surface area contributed by atoms with Crippen molar-refractivity contribution < 1.29 is 0 Å². The summed E-state index contributed by atoms with van der Waals surface area (Å²) in [5, 5.41) is 0. The molecular formula is C16H13N3. The largest absolute Gasteiger partial charge is 0.264 e. The standard InChI is InChI=1S/C16H13N3/c1-12-16(14-5-3-7-18-10-14)8-15(11-19-12)13-4-2-6-17-9-13/h2-11H,1H3. The highest BCUT2D eigenvalue weighted by molar-refractivity contribution is 5.72. The number of nitrogens with zero attached hydrogens (tertiary/aromatic N) is 3. The fourth-order valence-corrected chi connectivity index (χ4v) is 2.04. The maximum absolute atomic E-state index is 4.48. The summed E-state index contributed by atoms with van der Waals surface area (Å²) >= 11 is 0. The van der Waals surface area contributed by atoms with E-state index in [2.05, 4.69) is 21.0 Å². The molecule has 3 aromatic heterocycles. The van der Waals surface area contributed by atoms with Crippen molar-refractivity contribution in [3.63, 3.8) is 0 Å². The van der Waals surface area contributed by atoms with Crippen LogP contribution >= 0.6 is 0 Å². The van der Waals surface area contributed by atoms with Crippen LogP contribution in [-0.4, -0.2) is 15.0 Å². The molecule has 0 unspecified atom stereocenters. The minimum atomic E-state index is 1.00. The third kappa shape index (κ3) is 2.36. The van der Waals surface area contributed by atoms with E-state index in [0.29, 0.717) is 0 Å². The lowest BCUT2D eigenvalue weighted by Crippen LogP contribution is -1.90. The highest BCUT2D eigenvalue weighted by Crippen LogP contribution is 2.26. The summed E-state index contributed by atoms with van der Waals surface area (Å²) in [6.45, 7) is 2.01. The Morgan fingerprint density at radius 2 is 1.47 bits per heavy atom. The van der Waals surface area contributed by atoms with Gasteiger partial charge in [-0.25, -0.2) is 0 Å². The molecule has 0 fully saturated rings. The summed E-state index contributed by atoms with van der Waals surface area (Å²) in [5.74, 6) is 0. The molecule has 19 heavy (non-hydrogen) atoms. The number of aryl methyl sites for hydroxylation is 1. The SMILES string of the molecule is Cc1ncc(-c2cccnc2)cc1-c1cccnc1. The van der Waals surface area contributed by atoms with Crippen LogP contribution in [0.3, 0.4) is 0 Å². The predicted octanol–water partition coefficient (Wildman–Crippen LogP) is 3.51. The van der Waals surface area contributed by atoms with Gasteiger partial charge in [0.25, 0.3) is 0 Å². The lowest BCUT2D eigenvalue weighted by atomic mass is 10.0. The number of hydrogen-bond acceptors (Lipinski definition) is 3. The van der Waals surface area contributed by atoms with Crippen molar-refractivity contribution in [3.05, 3.63) is 67.0 Å². The number of rotatable bonds is 2. The summed E-state index contributed by atoms with van der Waals surface area (Å²) in [6, 6.07) is 10.1. The van der Waals surface area contributed by atoms with Crippen LogP contribution < -0.4 is 0 Å². The molecular weight excluding hydrogens is 234 g/mol. The molecule has 0 saturated heterocycles. The van der Waals surface area contributed by atoms with Crippen LogP contribution in [0.4, 0.5) is 0 Å². The Morgan fingerprint density at radius 3 is 2.11 bits per heavy atom. The summed E-state index contributed by atoms with van der Waals surface area (Å²) in [6.07, 6.45) is 9.13. The lowest BCUT2D eigenvalue weighted by molar-refractivity contribution is 1.20. The Hall–Kier alpha value is -2.55. The molecule has 0 bridgehead atoms. The monoisotopic (exact) mass is 247 g/mol. The normalized spacial score (nSPS) is 10.4. The topological polar surface area (TPSA) is 38.7 Å². The Bertz CT molecular complexity index is 679. The number of aromatic nitrogens is 3. The maximum atomic E-state index is 4.48. The molecule has 0 aromatic carbocycles. The molecule has 0 atom stereocenters. The molecule has 0 N–H and O–H groups in total. The first-order valence-electron chi connectivity index (χ1n) is 6.12. The minimum Gasteiger partial charge on any atom is -0.264 e. The molecule has 3 heteroatoms. The van der Waals surface area contributed by atoms with Crippen LogP contribution in [-0.2, 0) is 0 Å². The predicted molar refractivity (Wildman–Crippen MR) is 75.4 cm³/mol. The zero-order chi connectivity index (χ0) is 13.1. The molecule has 0 radical (unpaired) electrons. The van der Waals surface area contributed by atoms with Crippen LogP contribution in [0.5, 0.6) is 0 Å². The maximum Gasteiger partial charge on any atom is 0.0451 e. The van der Waals surface area contributed by atoms with Crippen LogP contribution in [0.2, 0.25) is 0 Å². The molecule has 0 amide bonds. The van der Waals surface area contributed by atoms with E-state index in [4.69, 9.17) is 0 Å². The highest BCUT2D eigenvalue weighted by atomic mass is 14.7. The van der Waals surface area contributed by atoms with Crippen molar-refractivity contribution in [1.29, 1.82) is 0 Å². The molecule has 3 aromatic rings. The van der Waals surface area contributed by atoms with Gasteiger partial charge in [0.05, 0.1) is 0 Å². The third-order valence-corrected chi connectivity index (χ3v) is 3.05. The van der Waals surface area contributed by atoms with Gasteiger partial charge in [0, 0.05) is 58.9 Å². The van der Waals surface area contributed by atoms with Crippen LogP contribution in [0.1, 0.15) is 5.69 Å². The van der Waals surface area contributed by atoms with Gasteiger partial charge >= 0.3 is 0 Å². The molecule has 0 aliphatic carbocycles. The van der Waals surface area contributed by atoms with E-state index in [1.54, 1.807) is 12.4 Å². The first kappa shape index (κ1) is 11.5. The second-order valence-corrected chi connectivity index (χ2v) is 4.34. The average molecular weight is 247 g/mol. The van der Waals surface area contributed by atoms with E-state index in [1.807, 2.05) is 49.8 Å². The average Bonchev–Trinajstić information content (AvgIpc) is 2.49. The van der Waals surface area contributed by atoms with E-state index >= 15 is 0 Å². The molecule has 3 nitrogen and oxygen atoms in total. The van der Waals surface area contributed by atoms with Crippen molar-refractivity contribution in [2.75, 3.05) is 0 Å². The Balaban J connectivity index is 2.12. The smallest absolute Gasteiger partial charge is 0.0451 e. The van der Waals surface area contributed by atoms with E-state index < -0.39 is 0 Å². The molecule has 0 saturated carbocycles. The van der Waals surface area contributed by atoms with Gasteiger partial charge in [-0.3, -0.25) is 15.0 Å². The van der Waals surface area contributed by atoms with E-state index in [-0.39, 0.29) is 0 Å². The van der Waals surface area contributed by atoms with Crippen molar-refractivity contribution in [1.82, 2.24) is 15.0 Å². The second kappa shape index (κ2) is 4.98. The van der Waals surface area contributed by atoms with Crippen molar-refractivity contribution in [2.45, 2.75) is 6.92 Å². The van der Waals surface area contributed by atoms with Crippen LogP contribution in [0, 0.1) is 6.92 Å². The summed E-state index contributed by atoms with van der Waals surface area (Å²) in [7, 11) is 0. The third-order valence-electron chi connectivity index (χ3n) is 3.05. The van der Waals surface area contributed by atoms with Gasteiger partial charge in [0.15, 0.2) is 0 Å². The fraction of sp³-hybridized carbons (Fsp3) is 0.0625. The zero-order valence-electron chi connectivity index (χ0n) is 10.6. The fourth-order valence-electron chi connectivity index (χ4n) is 2.04. The molecule has 3 rings (SSSR count). The van der Waals surface area contributed by atoms with Gasteiger partial charge in [0.2, 0.25) is 0 Å². The second-order valence-electron chi connectivity index (χ2n) is 4.34. The van der Waals surface area contributed by atoms with Gasteiger partial charge in [-0.2, -0.15) is 0 Å². The van der Waals surface area contributed by atoms with E-state index in [1.165, 1.54) is 0 Å². The zero-order valence-corrected chi connectivity index (χ0v) is 10.6. The molecule has 0 spiro atoms. The van der Waals surface area contributed by atoms with Crippen molar-refractivity contribution in [3.8, 4) is 22.3 Å². The van der Waals surface area contributed by atoms with Gasteiger partial charge in [-0.1, -0.05) is 12.1 Å². The number of pyridine rings is 3. The summed E-state index contributed by atoms with van der Waals surface area (Å²) in [4.78, 5) is 12.8. The number of hydrogen-bond donors (Lipinski definition) is 0. The molecule has 0 aliphatic heterocycles. The minimum absolute atomic E-state index is 1.00. The Morgan fingerprint density at radius 1 is 0.789 bits per heavy atom. The summed E-state index contributed by atoms with van der Waals surface area (Å²) in [5.41, 5.74) is 5.33. The van der Waals surface area contributed by atoms with Gasteiger partial charge in [0.1, 0.15) is 0 Å². The van der Waals surface area contributed by atoms with Crippen molar-refractivity contribution in [2.24, 2.45) is 0 Å². The van der Waals surface area contributed by atoms with Gasteiger partial charge < -0.3 is 0 Å². The van der Waals surface area contributed by atoms with Crippen LogP contribution in [0.25, 0.3) is 22.3 Å². The lowest BCUT2D eigenvalue weighted by Gasteiger charge is -2.08. The van der Waals surface area contributed by atoms with Gasteiger partial charge in [-0.05, 0) is 25.1 Å². The Kier molecular flexibility index (Phi) is 3.02. The molecule has 3 heterocycles. The van der Waals surface area contributed by atoms with E-state index in [9.17, 15) is 0 Å². The van der Waals surface area contributed by atoms with E-state index in [0.717, 1.165) is 27.9 Å². The first-order valence-corrected chi connectivity index (χ1v) is 6.12. The highest BCUT2D eigenvalue weighted by Gasteiger charge is 2.06. The first-order chi connectivity index (χ1) is 9.34. The van der Waals surface area contributed by atoms with Gasteiger partial charge in [-0.15, -0.1) is 0 Å². The summed E-state index contributed by atoms with van der Waals surface area (Å²) < 4.78 is 0. The van der Waals surface area contributed by atoms with Crippen LogP contribution in [0.15, 0.2) is 61.3 Å². The Labute approximate surface area is 112 Å². The quantitative estimate of drug-likeness (QED) is 0.695. The molecule has 92 valence electrons. The van der Waals surface area contributed by atoms with Crippen molar-refractivity contribution >= 4 is 0 Å².